The minimum atomic E-state index is -1.09. The van der Waals surface area contributed by atoms with Gasteiger partial charge in [0.05, 0.1) is 11.9 Å². The third-order valence-electron chi connectivity index (χ3n) is 6.56. The van der Waals surface area contributed by atoms with Gasteiger partial charge in [-0.25, -0.2) is 9.98 Å². The number of rotatable bonds is 8. The number of pyridine rings is 2. The SMILES string of the molecule is CN(C)C/C=C/C(=O)Nc1ccnc(C2(Nc3ccc(N4CCCCC4)nc3)N=Cc3ccccc3N2)c1. The van der Waals surface area contributed by atoms with Crippen LogP contribution in [0.2, 0.25) is 0 Å². The number of nitrogens with one attached hydrogen (secondary N) is 3. The maximum absolute atomic E-state index is 12.5. The van der Waals surface area contributed by atoms with Gasteiger partial charge < -0.3 is 25.8 Å². The number of piperidine rings is 1. The standard InChI is InChI=1S/C29H34N8O/c1-36(2)16-8-11-28(38)33-23-14-15-30-26(19-23)29(32-20-22-9-4-5-10-25(22)35-29)34-24-12-13-27(31-21-24)37-17-6-3-7-18-37/h4-5,8-15,19-21,34-35H,3,6-7,16-18H2,1-2H3,(H,30,33,38)/b11-8+. The Morgan fingerprint density at radius 2 is 1.92 bits per heavy atom. The molecule has 5 rings (SSSR count). The van der Waals surface area contributed by atoms with Gasteiger partial charge in [-0.05, 0) is 63.7 Å². The summed E-state index contributed by atoms with van der Waals surface area (Å²) in [5.74, 6) is -0.307. The molecule has 38 heavy (non-hydrogen) atoms. The molecular formula is C29H34N8O. The van der Waals surface area contributed by atoms with E-state index in [2.05, 4.69) is 25.8 Å². The zero-order valence-electron chi connectivity index (χ0n) is 21.9. The number of aliphatic imine (C=N–C) groups is 1. The van der Waals surface area contributed by atoms with Gasteiger partial charge in [0.15, 0.2) is 0 Å². The van der Waals surface area contributed by atoms with Crippen molar-refractivity contribution < 1.29 is 4.79 Å². The van der Waals surface area contributed by atoms with Crippen LogP contribution in [-0.2, 0) is 10.6 Å². The third-order valence-corrected chi connectivity index (χ3v) is 6.56. The molecule has 2 aliphatic rings. The van der Waals surface area contributed by atoms with E-state index < -0.39 is 5.79 Å². The molecule has 1 atom stereocenters. The van der Waals surface area contributed by atoms with Crippen molar-refractivity contribution in [2.75, 3.05) is 54.6 Å². The van der Waals surface area contributed by atoms with Crippen LogP contribution in [0, 0.1) is 0 Å². The van der Waals surface area contributed by atoms with E-state index in [1.807, 2.05) is 79.9 Å². The maximum atomic E-state index is 12.5. The van der Waals surface area contributed by atoms with Gasteiger partial charge in [-0.2, -0.15) is 0 Å². The van der Waals surface area contributed by atoms with Gasteiger partial charge in [0.2, 0.25) is 11.7 Å². The van der Waals surface area contributed by atoms with Crippen LogP contribution >= 0.6 is 0 Å². The van der Waals surface area contributed by atoms with Crippen molar-refractivity contribution in [2.24, 2.45) is 4.99 Å². The normalized spacial score (nSPS) is 18.8. The van der Waals surface area contributed by atoms with Crippen LogP contribution in [0.1, 0.15) is 30.5 Å². The lowest BCUT2D eigenvalue weighted by Crippen LogP contribution is -2.44. The molecule has 1 amide bonds. The first-order valence-corrected chi connectivity index (χ1v) is 13.0. The average molecular weight is 511 g/mol. The predicted molar refractivity (Wildman–Crippen MR) is 154 cm³/mol. The van der Waals surface area contributed by atoms with E-state index in [4.69, 9.17) is 9.98 Å². The Bertz CT molecular complexity index is 1310. The van der Waals surface area contributed by atoms with Crippen molar-refractivity contribution in [1.29, 1.82) is 0 Å². The Kier molecular flexibility index (Phi) is 7.65. The van der Waals surface area contributed by atoms with Crippen LogP contribution in [0.3, 0.4) is 0 Å². The summed E-state index contributed by atoms with van der Waals surface area (Å²) < 4.78 is 0. The van der Waals surface area contributed by atoms with Gasteiger partial charge in [-0.1, -0.05) is 24.3 Å². The van der Waals surface area contributed by atoms with Gasteiger partial charge in [0.25, 0.3) is 0 Å². The van der Waals surface area contributed by atoms with Gasteiger partial charge >= 0.3 is 0 Å². The van der Waals surface area contributed by atoms with E-state index in [0.717, 1.165) is 35.8 Å². The zero-order chi connectivity index (χ0) is 26.4. The molecule has 2 aromatic heterocycles. The first-order valence-electron chi connectivity index (χ1n) is 13.0. The van der Waals surface area contributed by atoms with Crippen molar-refractivity contribution in [3.63, 3.8) is 0 Å². The van der Waals surface area contributed by atoms with Crippen LogP contribution in [0.15, 0.2) is 78.1 Å². The highest BCUT2D eigenvalue weighted by molar-refractivity contribution is 5.99. The molecule has 0 radical (unpaired) electrons. The third kappa shape index (κ3) is 6.00. The molecule has 196 valence electrons. The second-order valence-electron chi connectivity index (χ2n) is 9.84. The number of aromatic nitrogens is 2. The molecule has 3 N–H and O–H groups in total. The molecule has 9 heteroatoms. The van der Waals surface area contributed by atoms with Crippen LogP contribution in [0.25, 0.3) is 0 Å². The lowest BCUT2D eigenvalue weighted by Gasteiger charge is -2.36. The number of benzene rings is 1. The summed E-state index contributed by atoms with van der Waals surface area (Å²) in [6.07, 6.45) is 12.4. The fourth-order valence-electron chi connectivity index (χ4n) is 4.61. The van der Waals surface area contributed by atoms with E-state index in [0.29, 0.717) is 17.9 Å². The van der Waals surface area contributed by atoms with Crippen molar-refractivity contribution in [2.45, 2.75) is 25.0 Å². The minimum Gasteiger partial charge on any atom is -0.357 e. The number of carbonyl (C=O) groups is 1. The summed E-state index contributed by atoms with van der Waals surface area (Å²) in [4.78, 5) is 31.1. The molecule has 1 fully saturated rings. The average Bonchev–Trinajstić information content (AvgIpc) is 2.94. The molecule has 0 bridgehead atoms. The Morgan fingerprint density at radius 1 is 1.08 bits per heavy atom. The molecule has 4 heterocycles. The van der Waals surface area contributed by atoms with Crippen molar-refractivity contribution in [1.82, 2.24) is 14.9 Å². The molecule has 1 saturated heterocycles. The molecule has 1 aromatic carbocycles. The smallest absolute Gasteiger partial charge is 0.250 e. The van der Waals surface area contributed by atoms with Gasteiger partial charge in [0.1, 0.15) is 11.5 Å². The van der Waals surface area contributed by atoms with E-state index >= 15 is 0 Å². The predicted octanol–water partition coefficient (Wildman–Crippen LogP) is 4.29. The van der Waals surface area contributed by atoms with E-state index in [1.165, 1.54) is 25.3 Å². The number of likely N-dealkylation sites (N-methyl/N-ethyl adjacent to an activating group) is 1. The number of fused-ring (bicyclic) bond motifs is 1. The summed E-state index contributed by atoms with van der Waals surface area (Å²) in [7, 11) is 3.91. The Balaban J connectivity index is 1.42. The Labute approximate surface area is 223 Å². The van der Waals surface area contributed by atoms with Crippen LogP contribution in [0.5, 0.6) is 0 Å². The highest BCUT2D eigenvalue weighted by Gasteiger charge is 2.36. The number of carbonyl (C=O) groups excluding carboxylic acids is 1. The number of nitrogens with zero attached hydrogens (tertiary/aromatic N) is 5. The molecular weight excluding hydrogens is 476 g/mol. The lowest BCUT2D eigenvalue weighted by atomic mass is 10.1. The number of hydrogen-bond acceptors (Lipinski definition) is 8. The van der Waals surface area contributed by atoms with Gasteiger partial charge in [-0.3, -0.25) is 9.78 Å². The highest BCUT2D eigenvalue weighted by Crippen LogP contribution is 2.34. The Hall–Kier alpha value is -4.24. The lowest BCUT2D eigenvalue weighted by molar-refractivity contribution is -0.111. The number of anilines is 4. The molecule has 0 spiro atoms. The topological polar surface area (TPSA) is 97.8 Å². The molecule has 3 aromatic rings. The maximum Gasteiger partial charge on any atom is 0.250 e. The molecule has 2 aliphatic heterocycles. The van der Waals surface area contributed by atoms with Gasteiger partial charge in [0, 0.05) is 55.1 Å². The van der Waals surface area contributed by atoms with Crippen molar-refractivity contribution >= 4 is 35.0 Å². The first-order chi connectivity index (χ1) is 18.5. The second-order valence-corrected chi connectivity index (χ2v) is 9.84. The Morgan fingerprint density at radius 3 is 2.71 bits per heavy atom. The minimum absolute atomic E-state index is 0.200. The fourth-order valence-corrected chi connectivity index (χ4v) is 4.61. The number of hydrogen-bond donors (Lipinski definition) is 3. The summed E-state index contributed by atoms with van der Waals surface area (Å²) in [6.45, 7) is 2.77. The fraction of sp³-hybridized carbons (Fsp3) is 0.310. The molecule has 0 aliphatic carbocycles. The second kappa shape index (κ2) is 11.4. The van der Waals surface area contributed by atoms with Gasteiger partial charge in [-0.15, -0.1) is 0 Å². The zero-order valence-corrected chi connectivity index (χ0v) is 21.9. The van der Waals surface area contributed by atoms with Crippen molar-refractivity contribution in [3.05, 3.63) is 84.3 Å². The van der Waals surface area contributed by atoms with E-state index in [9.17, 15) is 4.79 Å². The highest BCUT2D eigenvalue weighted by atomic mass is 16.1. The summed E-state index contributed by atoms with van der Waals surface area (Å²) in [6, 6.07) is 15.7. The number of amides is 1. The quantitative estimate of drug-likeness (QED) is 0.389. The molecule has 0 saturated carbocycles. The van der Waals surface area contributed by atoms with Crippen LogP contribution in [0.4, 0.5) is 22.9 Å². The largest absolute Gasteiger partial charge is 0.357 e. The molecule has 1 unspecified atom stereocenters. The number of para-hydroxylation sites is 1. The van der Waals surface area contributed by atoms with Crippen LogP contribution < -0.4 is 20.9 Å². The van der Waals surface area contributed by atoms with E-state index in [1.54, 1.807) is 12.3 Å². The van der Waals surface area contributed by atoms with E-state index in [-0.39, 0.29) is 5.91 Å². The van der Waals surface area contributed by atoms with Crippen molar-refractivity contribution in [3.8, 4) is 0 Å². The first kappa shape index (κ1) is 25.4. The van der Waals surface area contributed by atoms with Crippen LogP contribution in [-0.4, -0.2) is 60.7 Å². The summed E-state index contributed by atoms with van der Waals surface area (Å²) in [5.41, 5.74) is 3.95. The monoisotopic (exact) mass is 510 g/mol. The summed E-state index contributed by atoms with van der Waals surface area (Å²) in [5, 5.41) is 9.99. The molecule has 9 nitrogen and oxygen atoms in total. The summed E-state index contributed by atoms with van der Waals surface area (Å²) >= 11 is 0.